The van der Waals surface area contributed by atoms with E-state index in [1.807, 2.05) is 11.0 Å². The van der Waals surface area contributed by atoms with Gasteiger partial charge >= 0.3 is 0 Å². The molecule has 0 aliphatic carbocycles. The molecule has 82 valence electrons. The molecule has 1 rings (SSSR count). The van der Waals surface area contributed by atoms with E-state index in [9.17, 15) is 0 Å². The highest BCUT2D eigenvalue weighted by Gasteiger charge is 2.11. The maximum absolute atomic E-state index is 5.61. The molecular formula is C10H17N5. The summed E-state index contributed by atoms with van der Waals surface area (Å²) in [4.78, 5) is 10.0. The molecule has 0 fully saturated rings. The second-order valence-electron chi connectivity index (χ2n) is 3.54. The third kappa shape index (κ3) is 2.83. The third-order valence-corrected chi connectivity index (χ3v) is 1.99. The van der Waals surface area contributed by atoms with E-state index in [1.165, 1.54) is 0 Å². The molecular weight excluding hydrogens is 190 g/mol. The lowest BCUT2D eigenvalue weighted by Gasteiger charge is -2.26. The summed E-state index contributed by atoms with van der Waals surface area (Å²) >= 11 is 0. The molecule has 5 heteroatoms. The molecule has 1 aromatic rings. The molecule has 0 aliphatic rings. The molecule has 0 bridgehead atoms. The number of hydrogen-bond donors (Lipinski definition) is 2. The van der Waals surface area contributed by atoms with Gasteiger partial charge in [0.1, 0.15) is 11.6 Å². The quantitative estimate of drug-likeness (QED) is 0.721. The zero-order valence-corrected chi connectivity index (χ0v) is 9.14. The second kappa shape index (κ2) is 4.63. The number of nitrogens with zero attached hydrogens (tertiary/aromatic N) is 3. The highest BCUT2D eigenvalue weighted by atomic mass is 15.2. The summed E-state index contributed by atoms with van der Waals surface area (Å²) < 4.78 is 0. The van der Waals surface area contributed by atoms with Gasteiger partial charge in [0.05, 0.1) is 0 Å². The molecule has 0 atom stereocenters. The van der Waals surface area contributed by atoms with Gasteiger partial charge in [-0.05, 0) is 13.8 Å². The maximum atomic E-state index is 5.61. The van der Waals surface area contributed by atoms with Crippen molar-refractivity contribution in [1.82, 2.24) is 9.97 Å². The van der Waals surface area contributed by atoms with Crippen molar-refractivity contribution >= 4 is 17.6 Å². The number of anilines is 3. The van der Waals surface area contributed by atoms with Crippen molar-refractivity contribution in [3.05, 3.63) is 18.7 Å². The predicted molar refractivity (Wildman–Crippen MR) is 63.5 cm³/mol. The van der Waals surface area contributed by atoms with Crippen molar-refractivity contribution in [3.63, 3.8) is 0 Å². The van der Waals surface area contributed by atoms with E-state index in [0.29, 0.717) is 18.4 Å². The maximum Gasteiger partial charge on any atom is 0.223 e. The summed E-state index contributed by atoms with van der Waals surface area (Å²) in [6, 6.07) is 2.01. The van der Waals surface area contributed by atoms with E-state index >= 15 is 0 Å². The summed E-state index contributed by atoms with van der Waals surface area (Å²) in [7, 11) is 0. The van der Waals surface area contributed by atoms with E-state index in [2.05, 4.69) is 30.4 Å². The van der Waals surface area contributed by atoms with Gasteiger partial charge in [0, 0.05) is 18.7 Å². The van der Waals surface area contributed by atoms with Gasteiger partial charge in [-0.25, -0.2) is 0 Å². The van der Waals surface area contributed by atoms with E-state index in [4.69, 9.17) is 11.5 Å². The molecule has 0 saturated heterocycles. The first-order valence-electron chi connectivity index (χ1n) is 4.82. The fraction of sp³-hybridized carbons (Fsp3) is 0.400. The molecule has 15 heavy (non-hydrogen) atoms. The van der Waals surface area contributed by atoms with E-state index in [1.54, 1.807) is 6.07 Å². The third-order valence-electron chi connectivity index (χ3n) is 1.99. The van der Waals surface area contributed by atoms with Crippen molar-refractivity contribution in [3.8, 4) is 0 Å². The van der Waals surface area contributed by atoms with Crippen LogP contribution in [-0.2, 0) is 0 Å². The van der Waals surface area contributed by atoms with Gasteiger partial charge in [-0.2, -0.15) is 9.97 Å². The van der Waals surface area contributed by atoms with E-state index < -0.39 is 0 Å². The first-order chi connectivity index (χ1) is 7.04. The van der Waals surface area contributed by atoms with Gasteiger partial charge in [-0.1, -0.05) is 6.08 Å². The molecule has 0 aliphatic heterocycles. The molecule has 0 spiro atoms. The molecule has 5 nitrogen and oxygen atoms in total. The van der Waals surface area contributed by atoms with Crippen molar-refractivity contribution < 1.29 is 0 Å². The van der Waals surface area contributed by atoms with Crippen molar-refractivity contribution in [1.29, 1.82) is 0 Å². The van der Waals surface area contributed by atoms with Crippen LogP contribution in [0.5, 0.6) is 0 Å². The van der Waals surface area contributed by atoms with Crippen molar-refractivity contribution in [2.45, 2.75) is 19.9 Å². The summed E-state index contributed by atoms with van der Waals surface area (Å²) in [5.74, 6) is 1.31. The molecule has 0 saturated carbocycles. The Morgan fingerprint density at radius 3 is 2.60 bits per heavy atom. The summed E-state index contributed by atoms with van der Waals surface area (Å²) in [5.41, 5.74) is 11.1. The lowest BCUT2D eigenvalue weighted by molar-refractivity contribution is 0.712. The largest absolute Gasteiger partial charge is 0.383 e. The van der Waals surface area contributed by atoms with Gasteiger partial charge in [0.25, 0.3) is 0 Å². The molecule has 0 aromatic carbocycles. The predicted octanol–water partition coefficient (Wildman–Crippen LogP) is 1.04. The normalized spacial score (nSPS) is 10.3. The van der Waals surface area contributed by atoms with Gasteiger partial charge in [-0.15, -0.1) is 6.58 Å². The average Bonchev–Trinajstić information content (AvgIpc) is 2.11. The molecule has 0 amide bonds. The number of nitrogens with two attached hydrogens (primary N) is 2. The Hall–Kier alpha value is -1.78. The topological polar surface area (TPSA) is 81.1 Å². The first-order valence-corrected chi connectivity index (χ1v) is 4.82. The van der Waals surface area contributed by atoms with Crippen LogP contribution in [0.25, 0.3) is 0 Å². The van der Waals surface area contributed by atoms with Crippen LogP contribution < -0.4 is 16.4 Å². The highest BCUT2D eigenvalue weighted by molar-refractivity contribution is 5.51. The Labute approximate surface area is 89.8 Å². The van der Waals surface area contributed by atoms with Crippen LogP contribution in [0.2, 0.25) is 0 Å². The average molecular weight is 207 g/mol. The zero-order valence-electron chi connectivity index (χ0n) is 9.14. The van der Waals surface area contributed by atoms with Gasteiger partial charge in [0.2, 0.25) is 5.95 Å². The van der Waals surface area contributed by atoms with Crippen LogP contribution in [0.15, 0.2) is 18.7 Å². The minimum Gasteiger partial charge on any atom is -0.383 e. The Kier molecular flexibility index (Phi) is 3.49. The smallest absolute Gasteiger partial charge is 0.223 e. The van der Waals surface area contributed by atoms with Crippen molar-refractivity contribution in [2.24, 2.45) is 0 Å². The molecule has 0 radical (unpaired) electrons. The number of rotatable bonds is 4. The summed E-state index contributed by atoms with van der Waals surface area (Å²) in [6.45, 7) is 8.54. The molecule has 4 N–H and O–H groups in total. The van der Waals surface area contributed by atoms with Gasteiger partial charge in [0.15, 0.2) is 0 Å². The van der Waals surface area contributed by atoms with Crippen LogP contribution in [0.1, 0.15) is 13.8 Å². The minimum absolute atomic E-state index is 0.194. The van der Waals surface area contributed by atoms with Gasteiger partial charge < -0.3 is 16.4 Å². The lowest BCUT2D eigenvalue weighted by atomic mass is 10.3. The Morgan fingerprint density at radius 2 is 2.13 bits per heavy atom. The lowest BCUT2D eigenvalue weighted by Crippen LogP contribution is -2.31. The monoisotopic (exact) mass is 207 g/mol. The first kappa shape index (κ1) is 11.3. The van der Waals surface area contributed by atoms with E-state index in [-0.39, 0.29) is 5.95 Å². The zero-order chi connectivity index (χ0) is 11.4. The van der Waals surface area contributed by atoms with Crippen LogP contribution in [0.4, 0.5) is 17.6 Å². The standard InChI is InChI=1S/C10H17N5/c1-4-5-15(7(2)3)9-6-8(11)13-10(12)14-9/h4,6-7H,1,5H2,2-3H3,(H4,11,12,13,14). The van der Waals surface area contributed by atoms with Crippen LogP contribution in [0.3, 0.4) is 0 Å². The van der Waals surface area contributed by atoms with Crippen LogP contribution in [0, 0.1) is 0 Å². The SMILES string of the molecule is C=CCN(c1cc(N)nc(N)n1)C(C)C. The van der Waals surface area contributed by atoms with E-state index in [0.717, 1.165) is 5.82 Å². The molecule has 0 unspecified atom stereocenters. The molecule has 1 heterocycles. The minimum atomic E-state index is 0.194. The Bertz CT molecular complexity index is 327. The second-order valence-corrected chi connectivity index (χ2v) is 3.54. The Morgan fingerprint density at radius 1 is 1.47 bits per heavy atom. The highest BCUT2D eigenvalue weighted by Crippen LogP contribution is 2.17. The Balaban J connectivity index is 3.04. The number of aromatic nitrogens is 2. The van der Waals surface area contributed by atoms with Crippen LogP contribution in [-0.4, -0.2) is 22.6 Å². The summed E-state index contributed by atoms with van der Waals surface area (Å²) in [6.07, 6.45) is 1.81. The number of hydrogen-bond acceptors (Lipinski definition) is 5. The van der Waals surface area contributed by atoms with Gasteiger partial charge in [-0.3, -0.25) is 0 Å². The summed E-state index contributed by atoms with van der Waals surface area (Å²) in [5, 5.41) is 0. The fourth-order valence-corrected chi connectivity index (χ4v) is 1.33. The fourth-order valence-electron chi connectivity index (χ4n) is 1.33. The van der Waals surface area contributed by atoms with Crippen molar-refractivity contribution in [2.75, 3.05) is 22.9 Å². The molecule has 1 aromatic heterocycles. The number of nitrogen functional groups attached to an aromatic ring is 2. The van der Waals surface area contributed by atoms with Crippen LogP contribution >= 0.6 is 0 Å².